The largest absolute Gasteiger partial charge is 0.496 e. The van der Waals surface area contributed by atoms with Crippen LogP contribution in [0.1, 0.15) is 25.7 Å². The molecule has 1 aromatic carbocycles. The van der Waals surface area contributed by atoms with Gasteiger partial charge in [0.1, 0.15) is 11.5 Å². The van der Waals surface area contributed by atoms with E-state index in [9.17, 15) is 4.79 Å². The fourth-order valence-electron chi connectivity index (χ4n) is 1.92. The van der Waals surface area contributed by atoms with Gasteiger partial charge in [-0.1, -0.05) is 0 Å². The van der Waals surface area contributed by atoms with Gasteiger partial charge in [-0.3, -0.25) is 4.79 Å². The molecule has 2 rings (SSSR count). The van der Waals surface area contributed by atoms with Crippen LogP contribution in [0.3, 0.4) is 0 Å². The minimum atomic E-state index is 0.715. The molecule has 0 atom stereocenters. The molecule has 2 aromatic rings. The van der Waals surface area contributed by atoms with E-state index >= 15 is 0 Å². The zero-order chi connectivity index (χ0) is 14.5. The highest BCUT2D eigenvalue weighted by Gasteiger charge is 2.08. The van der Waals surface area contributed by atoms with Crippen LogP contribution in [-0.4, -0.2) is 20.5 Å². The van der Waals surface area contributed by atoms with Crippen molar-refractivity contribution in [2.75, 3.05) is 14.2 Å². The number of rotatable bonds is 5. The summed E-state index contributed by atoms with van der Waals surface area (Å²) < 4.78 is 10.8. The summed E-state index contributed by atoms with van der Waals surface area (Å²) in [7, 11) is 3.28. The van der Waals surface area contributed by atoms with Crippen LogP contribution in [0.2, 0.25) is 0 Å². The van der Waals surface area contributed by atoms with Crippen LogP contribution in [0.15, 0.2) is 24.3 Å². The second-order valence-corrected chi connectivity index (χ2v) is 5.42. The van der Waals surface area contributed by atoms with E-state index in [4.69, 9.17) is 9.47 Å². The third-order valence-corrected chi connectivity index (χ3v) is 3.84. The topological polar surface area (TPSA) is 35.5 Å². The second-order valence-electron chi connectivity index (χ2n) is 4.27. The first kappa shape index (κ1) is 14.3. The summed E-state index contributed by atoms with van der Waals surface area (Å²) in [5.41, 5.74) is 1.97. The first-order valence-electron chi connectivity index (χ1n) is 6.13. The first-order chi connectivity index (χ1) is 9.67. The van der Waals surface area contributed by atoms with Crippen molar-refractivity contribution in [2.24, 2.45) is 0 Å². The average molecular weight is 288 g/mol. The number of aldehydes is 1. The third-order valence-electron chi connectivity index (χ3n) is 2.87. The summed E-state index contributed by atoms with van der Waals surface area (Å²) in [6, 6.07) is 7.65. The van der Waals surface area contributed by atoms with Gasteiger partial charge in [0.05, 0.1) is 24.7 Å². The smallest absolute Gasteiger partial charge is 0.160 e. The summed E-state index contributed by atoms with van der Waals surface area (Å²) in [6.07, 6.45) is 4.75. The number of hydrogen-bond acceptors (Lipinski definition) is 4. The normalized spacial score (nSPS) is 10.8. The lowest BCUT2D eigenvalue weighted by molar-refractivity contribution is 0.112. The highest BCUT2D eigenvalue weighted by atomic mass is 32.1. The summed E-state index contributed by atoms with van der Waals surface area (Å²) in [5.74, 6) is 1.54. The molecule has 0 amide bonds. The van der Waals surface area contributed by atoms with Gasteiger partial charge in [0.2, 0.25) is 0 Å². The molecule has 0 bridgehead atoms. The van der Waals surface area contributed by atoms with Crippen molar-refractivity contribution in [1.82, 2.24) is 0 Å². The van der Waals surface area contributed by atoms with Gasteiger partial charge in [-0.05, 0) is 48.9 Å². The monoisotopic (exact) mass is 288 g/mol. The van der Waals surface area contributed by atoms with E-state index < -0.39 is 0 Å². The Hall–Kier alpha value is -2.07. The van der Waals surface area contributed by atoms with Crippen LogP contribution in [0.4, 0.5) is 0 Å². The summed E-state index contributed by atoms with van der Waals surface area (Å²) in [5, 5.41) is 0. The summed E-state index contributed by atoms with van der Waals surface area (Å²) in [6.45, 7) is 1.99. The standard InChI is InChI=1S/C16H16O3S/c1-11-8-15(18-2)14(16(9-11)19-3)7-6-12-4-5-13(10-17)20-12/h4-10H,1-3H3/b7-6+. The van der Waals surface area contributed by atoms with Crippen LogP contribution in [0.25, 0.3) is 12.2 Å². The van der Waals surface area contributed by atoms with Crippen molar-refractivity contribution >= 4 is 29.8 Å². The molecule has 0 aliphatic heterocycles. The van der Waals surface area contributed by atoms with E-state index in [0.717, 1.165) is 33.8 Å². The van der Waals surface area contributed by atoms with Crippen molar-refractivity contribution < 1.29 is 14.3 Å². The molecule has 0 spiro atoms. The highest BCUT2D eigenvalue weighted by Crippen LogP contribution is 2.32. The molecule has 20 heavy (non-hydrogen) atoms. The van der Waals surface area contributed by atoms with E-state index in [1.807, 2.05) is 37.3 Å². The van der Waals surface area contributed by atoms with Crippen LogP contribution < -0.4 is 9.47 Å². The van der Waals surface area contributed by atoms with Gasteiger partial charge in [0.15, 0.2) is 6.29 Å². The Morgan fingerprint density at radius 1 is 1.00 bits per heavy atom. The number of benzene rings is 1. The molecule has 0 fully saturated rings. The van der Waals surface area contributed by atoms with E-state index in [1.165, 1.54) is 11.3 Å². The Morgan fingerprint density at radius 3 is 2.10 bits per heavy atom. The van der Waals surface area contributed by atoms with Crippen LogP contribution in [-0.2, 0) is 0 Å². The zero-order valence-corrected chi connectivity index (χ0v) is 12.5. The molecule has 0 saturated carbocycles. The molecule has 0 aliphatic carbocycles. The molecule has 1 heterocycles. The fraction of sp³-hybridized carbons (Fsp3) is 0.188. The fourth-order valence-corrected chi connectivity index (χ4v) is 2.65. The lowest BCUT2D eigenvalue weighted by Gasteiger charge is -2.11. The molecule has 0 saturated heterocycles. The molecule has 1 aromatic heterocycles. The van der Waals surface area contributed by atoms with Crippen molar-refractivity contribution in [3.63, 3.8) is 0 Å². The Balaban J connectivity index is 2.38. The van der Waals surface area contributed by atoms with E-state index in [1.54, 1.807) is 20.3 Å². The quantitative estimate of drug-likeness (QED) is 0.778. The zero-order valence-electron chi connectivity index (χ0n) is 11.7. The molecular formula is C16H16O3S. The number of hydrogen-bond donors (Lipinski definition) is 0. The highest BCUT2D eigenvalue weighted by molar-refractivity contribution is 7.14. The van der Waals surface area contributed by atoms with Crippen LogP contribution >= 0.6 is 11.3 Å². The number of ether oxygens (including phenoxy) is 2. The predicted octanol–water partition coefficient (Wildman–Crippen LogP) is 4.06. The molecule has 0 N–H and O–H groups in total. The number of thiophene rings is 1. The summed E-state index contributed by atoms with van der Waals surface area (Å²) in [4.78, 5) is 12.4. The van der Waals surface area contributed by atoms with Gasteiger partial charge in [-0.2, -0.15) is 0 Å². The van der Waals surface area contributed by atoms with Crippen molar-refractivity contribution in [1.29, 1.82) is 0 Å². The third kappa shape index (κ3) is 3.08. The van der Waals surface area contributed by atoms with E-state index in [-0.39, 0.29) is 0 Å². The van der Waals surface area contributed by atoms with Crippen molar-refractivity contribution in [3.8, 4) is 11.5 Å². The van der Waals surface area contributed by atoms with E-state index in [0.29, 0.717) is 4.88 Å². The molecule has 0 aliphatic rings. The maximum Gasteiger partial charge on any atom is 0.160 e. The van der Waals surface area contributed by atoms with Gasteiger partial charge in [-0.15, -0.1) is 11.3 Å². The lowest BCUT2D eigenvalue weighted by Crippen LogP contribution is -1.93. The second kappa shape index (κ2) is 6.39. The Kier molecular flexibility index (Phi) is 4.58. The van der Waals surface area contributed by atoms with Gasteiger partial charge in [-0.25, -0.2) is 0 Å². The molecule has 4 heteroatoms. The number of methoxy groups -OCH3 is 2. The molecule has 0 radical (unpaired) electrons. The van der Waals surface area contributed by atoms with Crippen LogP contribution in [0.5, 0.6) is 11.5 Å². The Bertz CT molecular complexity index is 616. The van der Waals surface area contributed by atoms with Crippen molar-refractivity contribution in [3.05, 3.63) is 45.1 Å². The minimum absolute atomic E-state index is 0.715. The predicted molar refractivity (Wildman–Crippen MR) is 82.9 cm³/mol. The summed E-state index contributed by atoms with van der Waals surface area (Å²) >= 11 is 1.45. The van der Waals surface area contributed by atoms with Gasteiger partial charge in [0, 0.05) is 4.88 Å². The Labute approximate surface area is 122 Å². The SMILES string of the molecule is COc1cc(C)cc(OC)c1/C=C/c1ccc(C=O)s1. The van der Waals surface area contributed by atoms with Crippen LogP contribution in [0, 0.1) is 6.92 Å². The molecule has 3 nitrogen and oxygen atoms in total. The Morgan fingerprint density at radius 2 is 1.60 bits per heavy atom. The first-order valence-corrected chi connectivity index (χ1v) is 6.95. The van der Waals surface area contributed by atoms with Gasteiger partial charge in [0.25, 0.3) is 0 Å². The number of carbonyl (C=O) groups is 1. The molecule has 0 unspecified atom stereocenters. The van der Waals surface area contributed by atoms with E-state index in [2.05, 4.69) is 0 Å². The van der Waals surface area contributed by atoms with Crippen molar-refractivity contribution in [2.45, 2.75) is 6.92 Å². The average Bonchev–Trinajstić information content (AvgIpc) is 2.92. The number of aryl methyl sites for hydroxylation is 1. The molecular weight excluding hydrogens is 272 g/mol. The van der Waals surface area contributed by atoms with Gasteiger partial charge >= 0.3 is 0 Å². The minimum Gasteiger partial charge on any atom is -0.496 e. The maximum absolute atomic E-state index is 10.7. The maximum atomic E-state index is 10.7. The number of carbonyl (C=O) groups excluding carboxylic acids is 1. The molecule has 104 valence electrons. The lowest BCUT2D eigenvalue weighted by atomic mass is 10.1. The van der Waals surface area contributed by atoms with Gasteiger partial charge < -0.3 is 9.47 Å².